The molecule has 0 aromatic heterocycles. The first-order chi connectivity index (χ1) is 8.42. The highest BCUT2D eigenvalue weighted by Crippen LogP contribution is 2.29. The Bertz CT molecular complexity index is 489. The Hall–Kier alpha value is -1.84. The molecule has 0 unspecified atom stereocenters. The monoisotopic (exact) mass is 250 g/mol. The van der Waals surface area contributed by atoms with Gasteiger partial charge in [-0.1, -0.05) is 0 Å². The summed E-state index contributed by atoms with van der Waals surface area (Å²) in [6, 6.07) is 1.76. The third-order valence-corrected chi connectivity index (χ3v) is 3.06. The smallest absolute Gasteiger partial charge is 0.313 e. The zero-order valence-corrected chi connectivity index (χ0v) is 11.4. The van der Waals surface area contributed by atoms with Crippen molar-refractivity contribution in [3.63, 3.8) is 0 Å². The van der Waals surface area contributed by atoms with Gasteiger partial charge in [0.25, 0.3) is 0 Å². The van der Waals surface area contributed by atoms with Crippen LogP contribution in [0.2, 0.25) is 0 Å². The molecule has 4 nitrogen and oxygen atoms in total. The molecule has 0 N–H and O–H groups in total. The molecule has 0 saturated carbocycles. The molecule has 0 saturated heterocycles. The molecule has 0 aliphatic carbocycles. The summed E-state index contributed by atoms with van der Waals surface area (Å²) in [6.45, 7) is 5.62. The van der Waals surface area contributed by atoms with Gasteiger partial charge < -0.3 is 9.47 Å². The molecule has 1 rings (SSSR count). The van der Waals surface area contributed by atoms with Gasteiger partial charge in [-0.2, -0.15) is 0 Å². The van der Waals surface area contributed by atoms with E-state index in [1.807, 2.05) is 20.8 Å². The van der Waals surface area contributed by atoms with Crippen molar-refractivity contribution in [3.05, 3.63) is 28.3 Å². The number of esters is 1. The Labute approximate surface area is 107 Å². The quantitative estimate of drug-likeness (QED) is 0.467. The molecule has 0 spiro atoms. The van der Waals surface area contributed by atoms with Gasteiger partial charge in [0.05, 0.1) is 14.2 Å². The second-order valence-corrected chi connectivity index (χ2v) is 4.20. The Morgan fingerprint density at radius 1 is 1.11 bits per heavy atom. The number of carbonyl (C=O) groups is 2. The summed E-state index contributed by atoms with van der Waals surface area (Å²) in [5.41, 5.74) is 3.20. The fourth-order valence-corrected chi connectivity index (χ4v) is 1.96. The maximum absolute atomic E-state index is 12.0. The SMILES string of the molecule is COC(=O)CC(=O)c1cc(C)c(OC)c(C)c1C. The Morgan fingerprint density at radius 2 is 1.72 bits per heavy atom. The van der Waals surface area contributed by atoms with Gasteiger partial charge >= 0.3 is 5.97 Å². The highest BCUT2D eigenvalue weighted by atomic mass is 16.5. The Morgan fingerprint density at radius 3 is 2.22 bits per heavy atom. The highest BCUT2D eigenvalue weighted by Gasteiger charge is 2.18. The van der Waals surface area contributed by atoms with E-state index in [0.29, 0.717) is 5.56 Å². The van der Waals surface area contributed by atoms with Crippen LogP contribution in [-0.2, 0) is 9.53 Å². The number of hydrogen-bond acceptors (Lipinski definition) is 4. The van der Waals surface area contributed by atoms with Crippen molar-refractivity contribution in [1.29, 1.82) is 0 Å². The number of ether oxygens (including phenoxy) is 2. The van der Waals surface area contributed by atoms with Gasteiger partial charge in [-0.25, -0.2) is 0 Å². The minimum atomic E-state index is -0.523. The molecule has 0 bridgehead atoms. The predicted molar refractivity (Wildman–Crippen MR) is 68.2 cm³/mol. The van der Waals surface area contributed by atoms with Gasteiger partial charge in [0.15, 0.2) is 5.78 Å². The average Bonchev–Trinajstić information content (AvgIpc) is 2.34. The summed E-state index contributed by atoms with van der Waals surface area (Å²) in [4.78, 5) is 23.1. The lowest BCUT2D eigenvalue weighted by molar-refractivity contribution is -0.139. The van der Waals surface area contributed by atoms with Crippen LogP contribution in [0, 0.1) is 20.8 Å². The van der Waals surface area contributed by atoms with E-state index in [0.717, 1.165) is 22.4 Å². The Balaban J connectivity index is 3.19. The predicted octanol–water partition coefficient (Wildman–Crippen LogP) is 2.37. The van der Waals surface area contributed by atoms with E-state index in [1.165, 1.54) is 7.11 Å². The first-order valence-electron chi connectivity index (χ1n) is 5.67. The van der Waals surface area contributed by atoms with E-state index >= 15 is 0 Å². The normalized spacial score (nSPS) is 10.1. The van der Waals surface area contributed by atoms with Crippen LogP contribution >= 0.6 is 0 Å². The molecule has 98 valence electrons. The molecule has 18 heavy (non-hydrogen) atoms. The van der Waals surface area contributed by atoms with E-state index in [2.05, 4.69) is 4.74 Å². The van der Waals surface area contributed by atoms with Gasteiger partial charge in [0.1, 0.15) is 12.2 Å². The van der Waals surface area contributed by atoms with Crippen molar-refractivity contribution < 1.29 is 19.1 Å². The van der Waals surface area contributed by atoms with Gasteiger partial charge in [0.2, 0.25) is 0 Å². The molecule has 0 heterocycles. The fourth-order valence-electron chi connectivity index (χ4n) is 1.96. The van der Waals surface area contributed by atoms with Crippen molar-refractivity contribution in [2.24, 2.45) is 0 Å². The molecule has 0 atom stereocenters. The molecule has 0 radical (unpaired) electrons. The largest absolute Gasteiger partial charge is 0.496 e. The number of hydrogen-bond donors (Lipinski definition) is 0. The molecule has 4 heteroatoms. The van der Waals surface area contributed by atoms with Crippen molar-refractivity contribution in [2.45, 2.75) is 27.2 Å². The standard InChI is InChI=1S/C14H18O4/c1-8-6-11(12(15)7-13(16)17-4)9(2)10(3)14(8)18-5/h6H,7H2,1-5H3. The van der Waals surface area contributed by atoms with E-state index in [1.54, 1.807) is 13.2 Å². The molecule has 0 amide bonds. The van der Waals surface area contributed by atoms with Crippen molar-refractivity contribution >= 4 is 11.8 Å². The maximum atomic E-state index is 12.0. The summed E-state index contributed by atoms with van der Waals surface area (Å²) in [5, 5.41) is 0. The van der Waals surface area contributed by atoms with Crippen molar-refractivity contribution in [2.75, 3.05) is 14.2 Å². The number of Topliss-reactive ketones (excluding diaryl/α,β-unsaturated/α-hetero) is 1. The summed E-state index contributed by atoms with van der Waals surface area (Å²) < 4.78 is 9.79. The Kier molecular flexibility index (Phi) is 4.48. The zero-order valence-electron chi connectivity index (χ0n) is 11.4. The lowest BCUT2D eigenvalue weighted by Crippen LogP contribution is -2.12. The van der Waals surface area contributed by atoms with Gasteiger partial charge in [-0.15, -0.1) is 0 Å². The van der Waals surface area contributed by atoms with Gasteiger partial charge in [-0.05, 0) is 43.5 Å². The van der Waals surface area contributed by atoms with Crippen molar-refractivity contribution in [3.8, 4) is 5.75 Å². The molecular formula is C14H18O4. The third-order valence-electron chi connectivity index (χ3n) is 3.06. The lowest BCUT2D eigenvalue weighted by atomic mass is 9.95. The number of ketones is 1. The molecule has 1 aromatic rings. The molecule has 0 aliphatic heterocycles. The van der Waals surface area contributed by atoms with E-state index in [4.69, 9.17) is 4.74 Å². The van der Waals surface area contributed by atoms with Gasteiger partial charge in [0, 0.05) is 5.56 Å². The van der Waals surface area contributed by atoms with Crippen LogP contribution < -0.4 is 4.74 Å². The van der Waals surface area contributed by atoms with Gasteiger partial charge in [-0.3, -0.25) is 9.59 Å². The first kappa shape index (κ1) is 14.2. The zero-order chi connectivity index (χ0) is 13.9. The average molecular weight is 250 g/mol. The molecule has 0 aliphatic rings. The van der Waals surface area contributed by atoms with Crippen molar-refractivity contribution in [1.82, 2.24) is 0 Å². The number of carbonyl (C=O) groups excluding carboxylic acids is 2. The number of benzene rings is 1. The highest BCUT2D eigenvalue weighted by molar-refractivity contribution is 6.07. The van der Waals surface area contributed by atoms with E-state index in [-0.39, 0.29) is 12.2 Å². The summed E-state index contributed by atoms with van der Waals surface area (Å²) >= 11 is 0. The molecule has 0 fully saturated rings. The lowest BCUT2D eigenvalue weighted by Gasteiger charge is -2.14. The first-order valence-corrected chi connectivity index (χ1v) is 5.67. The van der Waals surface area contributed by atoms with Crippen LogP contribution in [0.4, 0.5) is 0 Å². The topological polar surface area (TPSA) is 52.6 Å². The maximum Gasteiger partial charge on any atom is 0.313 e. The second-order valence-electron chi connectivity index (χ2n) is 4.20. The second kappa shape index (κ2) is 5.67. The summed E-state index contributed by atoms with van der Waals surface area (Å²) in [5.74, 6) is 0.0286. The molecule has 1 aromatic carbocycles. The summed E-state index contributed by atoms with van der Waals surface area (Å²) in [7, 11) is 2.87. The van der Waals surface area contributed by atoms with Crippen LogP contribution in [0.5, 0.6) is 5.75 Å². The fraction of sp³-hybridized carbons (Fsp3) is 0.429. The molecular weight excluding hydrogens is 232 g/mol. The number of rotatable bonds is 4. The minimum absolute atomic E-state index is 0.229. The number of aryl methyl sites for hydroxylation is 1. The van der Waals surface area contributed by atoms with E-state index in [9.17, 15) is 9.59 Å². The summed E-state index contributed by atoms with van der Waals surface area (Å²) in [6.07, 6.45) is -0.234. The van der Waals surface area contributed by atoms with Crippen LogP contribution in [0.25, 0.3) is 0 Å². The van der Waals surface area contributed by atoms with Crippen LogP contribution in [0.15, 0.2) is 6.07 Å². The van der Waals surface area contributed by atoms with Crippen LogP contribution in [0.3, 0.4) is 0 Å². The minimum Gasteiger partial charge on any atom is -0.496 e. The van der Waals surface area contributed by atoms with E-state index < -0.39 is 5.97 Å². The van der Waals surface area contributed by atoms with Crippen LogP contribution in [-0.4, -0.2) is 26.0 Å². The third kappa shape index (κ3) is 2.70. The number of methoxy groups -OCH3 is 2. The van der Waals surface area contributed by atoms with Crippen LogP contribution in [0.1, 0.15) is 33.5 Å².